The molecule has 2 fully saturated rings. The molecular formula is C16H23Cl2N5O. The Hall–Kier alpha value is -1.37. The fourth-order valence-electron chi connectivity index (χ4n) is 3.61. The maximum absolute atomic E-state index is 12.4. The number of nitrogens with one attached hydrogen (secondary N) is 1. The average Bonchev–Trinajstić information content (AvgIpc) is 3.24. The third kappa shape index (κ3) is 3.50. The Bertz CT molecular complexity index is 678. The molecule has 2 saturated heterocycles. The fourth-order valence-corrected chi connectivity index (χ4v) is 3.61. The Morgan fingerprint density at radius 2 is 1.92 bits per heavy atom. The Morgan fingerprint density at radius 3 is 2.62 bits per heavy atom. The van der Waals surface area contributed by atoms with Crippen molar-refractivity contribution in [2.24, 2.45) is 0 Å². The Kier molecular flexibility index (Phi) is 6.43. The first-order valence-electron chi connectivity index (χ1n) is 8.15. The van der Waals surface area contributed by atoms with Crippen LogP contribution in [0.2, 0.25) is 0 Å². The number of aromatic nitrogens is 3. The number of pyridine rings is 1. The molecule has 0 radical (unpaired) electrons. The lowest BCUT2D eigenvalue weighted by Crippen LogP contribution is -2.46. The van der Waals surface area contributed by atoms with Gasteiger partial charge in [0.2, 0.25) is 5.91 Å². The van der Waals surface area contributed by atoms with Crippen molar-refractivity contribution in [1.82, 2.24) is 24.8 Å². The molecule has 6 nitrogen and oxygen atoms in total. The molecule has 8 heteroatoms. The number of amides is 1. The molecule has 2 aliphatic heterocycles. The molecular weight excluding hydrogens is 349 g/mol. The van der Waals surface area contributed by atoms with Crippen molar-refractivity contribution in [2.75, 3.05) is 19.6 Å². The van der Waals surface area contributed by atoms with Gasteiger partial charge in [-0.2, -0.15) is 0 Å². The molecule has 24 heavy (non-hydrogen) atoms. The molecule has 0 spiro atoms. The maximum Gasteiger partial charge on any atom is 0.239 e. The summed E-state index contributed by atoms with van der Waals surface area (Å²) in [4.78, 5) is 14.5. The smallest absolute Gasteiger partial charge is 0.239 e. The third-order valence-electron chi connectivity index (χ3n) is 4.87. The predicted molar refractivity (Wildman–Crippen MR) is 97.1 cm³/mol. The van der Waals surface area contributed by atoms with E-state index in [4.69, 9.17) is 0 Å². The maximum atomic E-state index is 12.4. The molecule has 2 aliphatic rings. The van der Waals surface area contributed by atoms with Crippen molar-refractivity contribution in [2.45, 2.75) is 37.6 Å². The van der Waals surface area contributed by atoms with Crippen LogP contribution in [0.1, 0.15) is 37.4 Å². The van der Waals surface area contributed by atoms with Crippen molar-refractivity contribution in [3.63, 3.8) is 0 Å². The highest BCUT2D eigenvalue weighted by Gasteiger charge is 2.31. The second kappa shape index (κ2) is 8.14. The molecule has 4 rings (SSSR count). The molecule has 4 heterocycles. The highest BCUT2D eigenvalue weighted by molar-refractivity contribution is 5.85. The summed E-state index contributed by atoms with van der Waals surface area (Å²) >= 11 is 0. The molecule has 0 saturated carbocycles. The van der Waals surface area contributed by atoms with Crippen molar-refractivity contribution < 1.29 is 4.79 Å². The van der Waals surface area contributed by atoms with E-state index >= 15 is 0 Å². The lowest BCUT2D eigenvalue weighted by Gasteiger charge is -2.32. The van der Waals surface area contributed by atoms with Crippen LogP contribution in [-0.4, -0.2) is 51.1 Å². The van der Waals surface area contributed by atoms with Crippen LogP contribution in [-0.2, 0) is 4.79 Å². The van der Waals surface area contributed by atoms with Crippen LogP contribution < -0.4 is 5.32 Å². The number of nitrogens with zero attached hydrogens (tertiary/aromatic N) is 4. The van der Waals surface area contributed by atoms with Gasteiger partial charge in [0.25, 0.3) is 0 Å². The monoisotopic (exact) mass is 371 g/mol. The van der Waals surface area contributed by atoms with Gasteiger partial charge in [0.05, 0.1) is 6.04 Å². The lowest BCUT2D eigenvalue weighted by molar-refractivity contribution is -0.134. The Labute approximate surface area is 153 Å². The van der Waals surface area contributed by atoms with Gasteiger partial charge in [0.1, 0.15) is 5.82 Å². The van der Waals surface area contributed by atoms with Gasteiger partial charge < -0.3 is 10.2 Å². The van der Waals surface area contributed by atoms with Crippen LogP contribution >= 0.6 is 24.8 Å². The van der Waals surface area contributed by atoms with E-state index in [1.165, 1.54) is 0 Å². The molecule has 1 N–H and O–H groups in total. The van der Waals surface area contributed by atoms with Crippen LogP contribution in [0.15, 0.2) is 24.4 Å². The van der Waals surface area contributed by atoms with Crippen molar-refractivity contribution in [1.29, 1.82) is 0 Å². The predicted octanol–water partition coefficient (Wildman–Crippen LogP) is 2.03. The van der Waals surface area contributed by atoms with E-state index in [-0.39, 0.29) is 36.8 Å². The summed E-state index contributed by atoms with van der Waals surface area (Å²) in [6, 6.07) is 6.00. The zero-order chi connectivity index (χ0) is 14.9. The van der Waals surface area contributed by atoms with E-state index in [2.05, 4.69) is 19.9 Å². The van der Waals surface area contributed by atoms with Gasteiger partial charge >= 0.3 is 0 Å². The number of carbonyl (C=O) groups excluding carboxylic acids is 1. The van der Waals surface area contributed by atoms with Crippen molar-refractivity contribution in [3.8, 4) is 0 Å². The van der Waals surface area contributed by atoms with Gasteiger partial charge in [-0.05, 0) is 44.4 Å². The van der Waals surface area contributed by atoms with Gasteiger partial charge in [-0.1, -0.05) is 6.07 Å². The standard InChI is InChI=1S/C16H21N5O.2ClH/c22-16(13-4-3-8-17-13)20-10-6-12(7-11-20)15-19-18-14-5-1-2-9-21(14)15;;/h1-2,5,9,12-13,17H,3-4,6-8,10-11H2;2*1H. The van der Waals surface area contributed by atoms with E-state index in [1.807, 2.05) is 29.3 Å². The summed E-state index contributed by atoms with van der Waals surface area (Å²) in [5.41, 5.74) is 0.895. The largest absolute Gasteiger partial charge is 0.341 e. The summed E-state index contributed by atoms with van der Waals surface area (Å²) in [6.07, 6.45) is 6.04. The first-order valence-corrected chi connectivity index (χ1v) is 8.15. The van der Waals surface area contributed by atoms with Crippen LogP contribution in [0.4, 0.5) is 0 Å². The number of halogens is 2. The van der Waals surface area contributed by atoms with Crippen LogP contribution in [0.25, 0.3) is 5.65 Å². The first kappa shape index (κ1) is 19.0. The van der Waals surface area contributed by atoms with E-state index in [0.717, 1.165) is 56.8 Å². The zero-order valence-electron chi connectivity index (χ0n) is 13.4. The summed E-state index contributed by atoms with van der Waals surface area (Å²) in [6.45, 7) is 2.62. The minimum Gasteiger partial charge on any atom is -0.341 e. The molecule has 2 aromatic rings. The third-order valence-corrected chi connectivity index (χ3v) is 4.87. The van der Waals surface area contributed by atoms with Crippen molar-refractivity contribution in [3.05, 3.63) is 30.2 Å². The number of hydrogen-bond acceptors (Lipinski definition) is 4. The number of fused-ring (bicyclic) bond motifs is 1. The average molecular weight is 372 g/mol. The van der Waals surface area contributed by atoms with Gasteiger partial charge in [0.15, 0.2) is 5.65 Å². The summed E-state index contributed by atoms with van der Waals surface area (Å²) < 4.78 is 2.07. The summed E-state index contributed by atoms with van der Waals surface area (Å²) in [5, 5.41) is 11.9. The number of hydrogen-bond donors (Lipinski definition) is 1. The van der Waals surface area contributed by atoms with Gasteiger partial charge in [-0.25, -0.2) is 0 Å². The summed E-state index contributed by atoms with van der Waals surface area (Å²) in [5.74, 6) is 1.70. The second-order valence-electron chi connectivity index (χ2n) is 6.24. The van der Waals surface area contributed by atoms with E-state index in [0.29, 0.717) is 5.92 Å². The normalized spacial score (nSPS) is 21.3. The molecule has 0 aromatic carbocycles. The van der Waals surface area contributed by atoms with Crippen molar-refractivity contribution >= 4 is 36.4 Å². The van der Waals surface area contributed by atoms with Crippen LogP contribution in [0.5, 0.6) is 0 Å². The second-order valence-corrected chi connectivity index (χ2v) is 6.24. The molecule has 1 unspecified atom stereocenters. The van der Waals surface area contributed by atoms with Gasteiger partial charge in [-0.15, -0.1) is 35.0 Å². The fraction of sp³-hybridized carbons (Fsp3) is 0.562. The van der Waals surface area contributed by atoms with Crippen LogP contribution in [0.3, 0.4) is 0 Å². The quantitative estimate of drug-likeness (QED) is 0.876. The molecule has 2 aromatic heterocycles. The molecule has 132 valence electrons. The summed E-state index contributed by atoms with van der Waals surface area (Å²) in [7, 11) is 0. The lowest BCUT2D eigenvalue weighted by atomic mass is 9.95. The first-order chi connectivity index (χ1) is 10.8. The Balaban J connectivity index is 0.00000104. The molecule has 1 atom stereocenters. The number of rotatable bonds is 2. The van der Waals surface area contributed by atoms with Crippen LogP contribution in [0, 0.1) is 0 Å². The highest BCUT2D eigenvalue weighted by Crippen LogP contribution is 2.27. The van der Waals surface area contributed by atoms with Gasteiger partial charge in [0, 0.05) is 25.2 Å². The number of carbonyl (C=O) groups is 1. The Morgan fingerprint density at radius 1 is 1.12 bits per heavy atom. The number of likely N-dealkylation sites (tertiary alicyclic amines) is 1. The molecule has 0 bridgehead atoms. The zero-order valence-corrected chi connectivity index (χ0v) is 15.1. The van der Waals surface area contributed by atoms with Gasteiger partial charge in [-0.3, -0.25) is 9.20 Å². The SMILES string of the molecule is Cl.Cl.O=C(C1CCCN1)N1CCC(c2nnc3ccccn23)CC1. The minimum atomic E-state index is 0. The molecule has 0 aliphatic carbocycles. The van der Waals surface area contributed by atoms with E-state index in [1.54, 1.807) is 0 Å². The molecule has 1 amide bonds. The van der Waals surface area contributed by atoms with E-state index < -0.39 is 0 Å². The topological polar surface area (TPSA) is 62.5 Å². The highest BCUT2D eigenvalue weighted by atomic mass is 35.5. The minimum absolute atomic E-state index is 0. The number of piperidine rings is 1. The van der Waals surface area contributed by atoms with E-state index in [9.17, 15) is 4.79 Å².